The Hall–Kier alpha value is -5.13. The summed E-state index contributed by atoms with van der Waals surface area (Å²) in [7, 11) is 0. The van der Waals surface area contributed by atoms with E-state index in [4.69, 9.17) is 14.2 Å². The van der Waals surface area contributed by atoms with Crippen molar-refractivity contribution in [3.63, 3.8) is 0 Å². The molecule has 1 N–H and O–H groups in total. The van der Waals surface area contributed by atoms with E-state index in [0.717, 1.165) is 11.6 Å². The van der Waals surface area contributed by atoms with Crippen LogP contribution in [0.1, 0.15) is 25.2 Å². The summed E-state index contributed by atoms with van der Waals surface area (Å²) in [5.41, 5.74) is 0.490. The molecule has 0 spiro atoms. The van der Waals surface area contributed by atoms with Gasteiger partial charge < -0.3 is 24.4 Å². The molecule has 0 atom stereocenters. The lowest BCUT2D eigenvalue weighted by molar-refractivity contribution is -0.136. The Kier molecular flexibility index (Phi) is 8.29. The number of ether oxygens (including phenoxy) is 1. The van der Waals surface area contributed by atoms with Gasteiger partial charge in [0, 0.05) is 38.2 Å². The lowest BCUT2D eigenvalue weighted by Gasteiger charge is -2.35. The Balaban J connectivity index is 1.27. The molecule has 3 aromatic carbocycles. The highest BCUT2D eigenvalue weighted by Crippen LogP contribution is 2.37. The molecule has 0 aliphatic carbocycles. The zero-order valence-electron chi connectivity index (χ0n) is 24.7. The number of rotatable bonds is 7. The summed E-state index contributed by atoms with van der Waals surface area (Å²) < 4.78 is 52.2. The van der Waals surface area contributed by atoms with Crippen molar-refractivity contribution in [3.05, 3.63) is 90.3 Å². The van der Waals surface area contributed by atoms with Crippen LogP contribution in [-0.2, 0) is 12.6 Å². The Labute approximate surface area is 257 Å². The van der Waals surface area contributed by atoms with Crippen LogP contribution in [0.25, 0.3) is 22.4 Å². The van der Waals surface area contributed by atoms with Crippen LogP contribution in [0.4, 0.5) is 29.5 Å². The number of hydrogen-bond acceptors (Lipinski definition) is 7. The smallest absolute Gasteiger partial charge is 0.418 e. The largest absolute Gasteiger partial charge is 0.457 e. The first kappa shape index (κ1) is 29.9. The minimum Gasteiger partial charge on any atom is -0.457 e. The van der Waals surface area contributed by atoms with Gasteiger partial charge in [0.15, 0.2) is 0 Å². The molecule has 0 saturated carbocycles. The molecule has 3 heterocycles. The van der Waals surface area contributed by atoms with Crippen molar-refractivity contribution in [1.82, 2.24) is 20.0 Å². The minimum atomic E-state index is -4.59. The van der Waals surface area contributed by atoms with Crippen molar-refractivity contribution < 1.29 is 27.2 Å². The highest BCUT2D eigenvalue weighted by atomic mass is 19.4. The number of aromatic nitrogens is 3. The monoisotopic (exact) mass is 616 g/mol. The van der Waals surface area contributed by atoms with Crippen LogP contribution in [0.3, 0.4) is 0 Å². The fraction of sp³-hybridized carbons (Fsp3) is 0.273. The van der Waals surface area contributed by atoms with Gasteiger partial charge in [-0.3, -0.25) is 0 Å². The van der Waals surface area contributed by atoms with Gasteiger partial charge in [-0.1, -0.05) is 61.5 Å². The van der Waals surface area contributed by atoms with E-state index in [-0.39, 0.29) is 18.8 Å². The molecule has 232 valence electrons. The maximum atomic E-state index is 13.5. The number of piperazine rings is 1. The first-order valence-corrected chi connectivity index (χ1v) is 14.6. The summed E-state index contributed by atoms with van der Waals surface area (Å²) in [4.78, 5) is 26.1. The first-order valence-electron chi connectivity index (χ1n) is 14.6. The molecule has 1 fully saturated rings. The zero-order valence-corrected chi connectivity index (χ0v) is 24.7. The second-order valence-corrected chi connectivity index (χ2v) is 11.2. The summed E-state index contributed by atoms with van der Waals surface area (Å²) >= 11 is 0. The molecule has 0 bridgehead atoms. The van der Waals surface area contributed by atoms with Gasteiger partial charge in [-0.25, -0.2) is 9.78 Å². The number of alkyl halides is 3. The Morgan fingerprint density at radius 1 is 0.933 bits per heavy atom. The molecule has 9 nitrogen and oxygen atoms in total. The average molecular weight is 617 g/mol. The molecule has 2 amide bonds. The number of benzene rings is 3. The van der Waals surface area contributed by atoms with Crippen LogP contribution in [0.5, 0.6) is 11.5 Å². The molecule has 12 heteroatoms. The number of nitrogens with zero attached hydrogens (tertiary/aromatic N) is 5. The number of fused-ring (bicyclic) bond motifs is 1. The number of carbonyl (C=O) groups is 1. The number of para-hydroxylation sites is 2. The standard InChI is InChI=1S/C33H31F3N6O3/c1-21(2)19-27-38-30(41-15-17-42(18-16-41)32(43)37-26-14-7-6-13-25(26)33(34,35)36)28-29(40-45-31(28)39-27)22-9-8-12-24(20-22)44-23-10-4-3-5-11-23/h3-14,20-21H,15-19H2,1-2H3,(H,37,43). The fourth-order valence-corrected chi connectivity index (χ4v) is 5.25. The third-order valence-electron chi connectivity index (χ3n) is 7.38. The number of halogens is 3. The number of anilines is 2. The summed E-state index contributed by atoms with van der Waals surface area (Å²) in [5, 5.41) is 7.45. The van der Waals surface area contributed by atoms with E-state index in [1.807, 2.05) is 59.5 Å². The van der Waals surface area contributed by atoms with Crippen LogP contribution >= 0.6 is 0 Å². The summed E-state index contributed by atoms with van der Waals surface area (Å²) in [6.45, 7) is 5.47. The Morgan fingerprint density at radius 2 is 1.64 bits per heavy atom. The first-order chi connectivity index (χ1) is 21.7. The molecule has 0 unspecified atom stereocenters. The number of nitrogens with one attached hydrogen (secondary N) is 1. The number of amides is 2. The lowest BCUT2D eigenvalue weighted by atomic mass is 10.1. The van der Waals surface area contributed by atoms with Gasteiger partial charge in [-0.15, -0.1) is 0 Å². The SMILES string of the molecule is CC(C)Cc1nc(N2CCN(C(=O)Nc3ccccc3C(F)(F)F)CC2)c2c(-c3cccc(Oc4ccccc4)c3)noc2n1. The van der Waals surface area contributed by atoms with Crippen molar-refractivity contribution >= 4 is 28.6 Å². The van der Waals surface area contributed by atoms with E-state index in [0.29, 0.717) is 65.4 Å². The fourth-order valence-electron chi connectivity index (χ4n) is 5.25. The third-order valence-corrected chi connectivity index (χ3v) is 7.38. The van der Waals surface area contributed by atoms with E-state index in [9.17, 15) is 18.0 Å². The molecule has 2 aromatic heterocycles. The average Bonchev–Trinajstić information content (AvgIpc) is 3.45. The topological polar surface area (TPSA) is 96.6 Å². The molecule has 1 aliphatic rings. The molecular formula is C33H31F3N6O3. The van der Waals surface area contributed by atoms with E-state index in [2.05, 4.69) is 29.3 Å². The molecule has 0 radical (unpaired) electrons. The van der Waals surface area contributed by atoms with Crippen molar-refractivity contribution in [3.8, 4) is 22.8 Å². The highest BCUT2D eigenvalue weighted by Gasteiger charge is 2.34. The normalized spacial score (nSPS) is 13.8. The molecule has 1 aliphatic heterocycles. The quantitative estimate of drug-likeness (QED) is 0.201. The van der Waals surface area contributed by atoms with E-state index in [1.165, 1.54) is 23.1 Å². The number of hydrogen-bond donors (Lipinski definition) is 1. The van der Waals surface area contributed by atoms with Gasteiger partial charge in [-0.2, -0.15) is 18.2 Å². The second-order valence-electron chi connectivity index (χ2n) is 11.2. The predicted octanol–water partition coefficient (Wildman–Crippen LogP) is 7.65. The van der Waals surface area contributed by atoms with Crippen LogP contribution < -0.4 is 15.0 Å². The Bertz CT molecular complexity index is 1800. The summed E-state index contributed by atoms with van der Waals surface area (Å²) in [5.74, 6) is 2.86. The van der Waals surface area contributed by atoms with Crippen LogP contribution in [0.2, 0.25) is 0 Å². The number of urea groups is 1. The number of carbonyl (C=O) groups excluding carboxylic acids is 1. The van der Waals surface area contributed by atoms with Gasteiger partial charge in [0.1, 0.15) is 34.2 Å². The van der Waals surface area contributed by atoms with Gasteiger partial charge in [0.25, 0.3) is 5.71 Å². The predicted molar refractivity (Wildman–Crippen MR) is 164 cm³/mol. The van der Waals surface area contributed by atoms with Crippen LogP contribution in [0, 0.1) is 5.92 Å². The lowest BCUT2D eigenvalue weighted by Crippen LogP contribution is -2.50. The van der Waals surface area contributed by atoms with E-state index >= 15 is 0 Å². The van der Waals surface area contributed by atoms with Crippen molar-refractivity contribution in [2.24, 2.45) is 5.92 Å². The maximum absolute atomic E-state index is 13.5. The molecular weight excluding hydrogens is 585 g/mol. The van der Waals surface area contributed by atoms with Crippen molar-refractivity contribution in [1.29, 1.82) is 0 Å². The van der Waals surface area contributed by atoms with Crippen molar-refractivity contribution in [2.75, 3.05) is 36.4 Å². The molecule has 5 aromatic rings. The van der Waals surface area contributed by atoms with Gasteiger partial charge >= 0.3 is 12.2 Å². The summed E-state index contributed by atoms with van der Waals surface area (Å²) in [6.07, 6.45) is -3.96. The molecule has 45 heavy (non-hydrogen) atoms. The van der Waals surface area contributed by atoms with Gasteiger partial charge in [0.05, 0.1) is 11.3 Å². The molecule has 1 saturated heterocycles. The maximum Gasteiger partial charge on any atom is 0.418 e. The van der Waals surface area contributed by atoms with E-state index in [1.54, 1.807) is 0 Å². The summed E-state index contributed by atoms with van der Waals surface area (Å²) in [6, 6.07) is 21.3. The van der Waals surface area contributed by atoms with Gasteiger partial charge in [0.2, 0.25) is 0 Å². The second kappa shape index (κ2) is 12.5. The Morgan fingerprint density at radius 3 is 2.38 bits per heavy atom. The van der Waals surface area contributed by atoms with Crippen LogP contribution in [-0.4, -0.2) is 52.2 Å². The third kappa shape index (κ3) is 6.69. The minimum absolute atomic E-state index is 0.270. The van der Waals surface area contributed by atoms with Crippen LogP contribution in [0.15, 0.2) is 83.4 Å². The highest BCUT2D eigenvalue weighted by molar-refractivity contribution is 5.98. The van der Waals surface area contributed by atoms with Gasteiger partial charge in [-0.05, 0) is 42.3 Å². The zero-order chi connectivity index (χ0) is 31.6. The van der Waals surface area contributed by atoms with E-state index < -0.39 is 17.8 Å². The molecule has 6 rings (SSSR count). The van der Waals surface area contributed by atoms with Crippen molar-refractivity contribution in [2.45, 2.75) is 26.4 Å².